The van der Waals surface area contributed by atoms with Crippen LogP contribution in [0.15, 0.2) is 47.8 Å². The predicted octanol–water partition coefficient (Wildman–Crippen LogP) is 4.41. The van der Waals surface area contributed by atoms with Gasteiger partial charge in [0.05, 0.1) is 22.5 Å². The van der Waals surface area contributed by atoms with Gasteiger partial charge in [-0.2, -0.15) is 18.3 Å². The minimum atomic E-state index is -4.83. The molecule has 8 nitrogen and oxygen atoms in total. The van der Waals surface area contributed by atoms with E-state index in [1.165, 1.54) is 32.0 Å². The third-order valence-corrected chi connectivity index (χ3v) is 5.10. The van der Waals surface area contributed by atoms with Gasteiger partial charge in [-0.15, -0.1) is 0 Å². The molecule has 34 heavy (non-hydrogen) atoms. The first-order chi connectivity index (χ1) is 15.9. The first kappa shape index (κ1) is 23.4. The summed E-state index contributed by atoms with van der Waals surface area (Å²) in [7, 11) is 0. The standard InChI is InChI=1S/C21H14ClF4N5O3/c1-20(2)18(32)17(30-34-20)13-8-14(21(24,25)26)31(29-13)15-7-6-10(9-27-15)28-19(33)16-11(22)4-3-5-12(16)23/h3-9H,1-2H3,(H,28,33). The first-order valence-electron chi connectivity index (χ1n) is 9.59. The van der Waals surface area contributed by atoms with E-state index in [4.69, 9.17) is 16.4 Å². The molecule has 0 saturated carbocycles. The predicted molar refractivity (Wildman–Crippen MR) is 112 cm³/mol. The van der Waals surface area contributed by atoms with Crippen LogP contribution in [0.2, 0.25) is 5.02 Å². The number of pyridine rings is 1. The maximum atomic E-state index is 13.9. The number of Topliss-reactive ketones (excluding diaryl/α,β-unsaturated/α-hetero) is 1. The molecule has 0 atom stereocenters. The number of aromatic nitrogens is 3. The minimum Gasteiger partial charge on any atom is -0.381 e. The van der Waals surface area contributed by atoms with Gasteiger partial charge in [0, 0.05) is 0 Å². The zero-order valence-electron chi connectivity index (χ0n) is 17.4. The molecule has 1 aromatic carbocycles. The van der Waals surface area contributed by atoms with E-state index in [9.17, 15) is 27.2 Å². The molecule has 4 rings (SSSR count). The molecule has 1 N–H and O–H groups in total. The lowest BCUT2D eigenvalue weighted by Gasteiger charge is -2.11. The molecule has 0 spiro atoms. The Hall–Kier alpha value is -3.80. The maximum Gasteiger partial charge on any atom is 0.433 e. The number of hydrogen-bond acceptors (Lipinski definition) is 6. The zero-order chi connectivity index (χ0) is 24.8. The molecule has 1 amide bonds. The van der Waals surface area contributed by atoms with Crippen LogP contribution in [0, 0.1) is 5.82 Å². The fourth-order valence-corrected chi connectivity index (χ4v) is 3.31. The Kier molecular flexibility index (Phi) is 5.64. The normalized spacial score (nSPS) is 15.1. The van der Waals surface area contributed by atoms with Crippen molar-refractivity contribution in [2.75, 3.05) is 5.32 Å². The van der Waals surface area contributed by atoms with Gasteiger partial charge in [-0.25, -0.2) is 14.1 Å². The average molecular weight is 496 g/mol. The second-order valence-electron chi connectivity index (χ2n) is 7.65. The highest BCUT2D eigenvalue weighted by Gasteiger charge is 2.43. The van der Waals surface area contributed by atoms with Gasteiger partial charge in [-0.1, -0.05) is 22.8 Å². The molecule has 0 aliphatic carbocycles. The largest absolute Gasteiger partial charge is 0.433 e. The number of rotatable bonds is 4. The van der Waals surface area contributed by atoms with Gasteiger partial charge >= 0.3 is 6.18 Å². The van der Waals surface area contributed by atoms with Crippen LogP contribution in [0.3, 0.4) is 0 Å². The second-order valence-corrected chi connectivity index (χ2v) is 8.06. The molecule has 176 valence electrons. The Balaban J connectivity index is 1.64. The summed E-state index contributed by atoms with van der Waals surface area (Å²) < 4.78 is 55.4. The number of carbonyl (C=O) groups excluding carboxylic acids is 2. The Morgan fingerprint density at radius 3 is 2.50 bits per heavy atom. The van der Waals surface area contributed by atoms with Gasteiger partial charge in [0.15, 0.2) is 22.8 Å². The van der Waals surface area contributed by atoms with Crippen molar-refractivity contribution in [3.05, 3.63) is 70.4 Å². The summed E-state index contributed by atoms with van der Waals surface area (Å²) >= 11 is 5.86. The van der Waals surface area contributed by atoms with Crippen LogP contribution in [0.1, 0.15) is 35.6 Å². The third-order valence-electron chi connectivity index (χ3n) is 4.78. The summed E-state index contributed by atoms with van der Waals surface area (Å²) in [4.78, 5) is 33.6. The van der Waals surface area contributed by atoms with Crippen molar-refractivity contribution in [3.8, 4) is 5.82 Å². The summed E-state index contributed by atoms with van der Waals surface area (Å²) in [6, 6.07) is 6.80. The van der Waals surface area contributed by atoms with Crippen molar-refractivity contribution in [3.63, 3.8) is 0 Å². The van der Waals surface area contributed by atoms with Gasteiger partial charge < -0.3 is 10.2 Å². The van der Waals surface area contributed by atoms with Crippen LogP contribution in [-0.4, -0.2) is 37.8 Å². The van der Waals surface area contributed by atoms with Gasteiger partial charge in [0.2, 0.25) is 5.78 Å². The van der Waals surface area contributed by atoms with E-state index in [0.29, 0.717) is 10.7 Å². The van der Waals surface area contributed by atoms with Crippen molar-refractivity contribution >= 4 is 34.7 Å². The Morgan fingerprint density at radius 1 is 1.21 bits per heavy atom. The molecular weight excluding hydrogens is 482 g/mol. The van der Waals surface area contributed by atoms with E-state index < -0.39 is 40.5 Å². The van der Waals surface area contributed by atoms with Crippen molar-refractivity contribution < 1.29 is 32.0 Å². The molecule has 1 aliphatic rings. The minimum absolute atomic E-state index is 0.0690. The molecule has 2 aromatic heterocycles. The van der Waals surface area contributed by atoms with Crippen molar-refractivity contribution in [1.82, 2.24) is 14.8 Å². The Labute approximate surface area is 194 Å². The molecule has 1 aliphatic heterocycles. The van der Waals surface area contributed by atoms with Crippen molar-refractivity contribution in [2.45, 2.75) is 25.6 Å². The fourth-order valence-electron chi connectivity index (χ4n) is 3.06. The summed E-state index contributed by atoms with van der Waals surface area (Å²) in [6.07, 6.45) is -3.77. The number of nitrogens with zero attached hydrogens (tertiary/aromatic N) is 4. The molecule has 13 heteroatoms. The number of hydrogen-bond donors (Lipinski definition) is 1. The zero-order valence-corrected chi connectivity index (χ0v) is 18.2. The number of ketones is 1. The number of amides is 1. The summed E-state index contributed by atoms with van der Waals surface area (Å²) in [5.41, 5.74) is -3.53. The number of oxime groups is 1. The van der Waals surface area contributed by atoms with E-state index in [0.717, 1.165) is 18.3 Å². The van der Waals surface area contributed by atoms with Crippen molar-refractivity contribution in [2.24, 2.45) is 5.16 Å². The van der Waals surface area contributed by atoms with Gasteiger partial charge in [0.1, 0.15) is 11.5 Å². The molecule has 0 fully saturated rings. The number of alkyl halides is 3. The van der Waals surface area contributed by atoms with E-state index in [-0.39, 0.29) is 27.9 Å². The molecule has 0 unspecified atom stereocenters. The van der Waals surface area contributed by atoms with Crippen LogP contribution in [0.25, 0.3) is 5.82 Å². The van der Waals surface area contributed by atoms with Gasteiger partial charge in [-0.3, -0.25) is 9.59 Å². The lowest BCUT2D eigenvalue weighted by Crippen LogP contribution is -2.33. The molecule has 3 heterocycles. The van der Waals surface area contributed by atoms with Crippen LogP contribution in [-0.2, 0) is 15.8 Å². The summed E-state index contributed by atoms with van der Waals surface area (Å²) in [6.45, 7) is 2.85. The number of benzene rings is 1. The highest BCUT2D eigenvalue weighted by molar-refractivity contribution is 6.48. The topological polar surface area (TPSA) is 98.5 Å². The lowest BCUT2D eigenvalue weighted by molar-refractivity contribution is -0.142. The summed E-state index contributed by atoms with van der Waals surface area (Å²) in [5.74, 6) is -2.59. The molecule has 0 bridgehead atoms. The highest BCUT2D eigenvalue weighted by Crippen LogP contribution is 2.33. The van der Waals surface area contributed by atoms with Crippen LogP contribution >= 0.6 is 11.6 Å². The van der Waals surface area contributed by atoms with E-state index >= 15 is 0 Å². The van der Waals surface area contributed by atoms with Gasteiger partial charge in [0.25, 0.3) is 5.91 Å². The summed E-state index contributed by atoms with van der Waals surface area (Å²) in [5, 5.41) is 9.69. The van der Waals surface area contributed by atoms with Crippen LogP contribution in [0.5, 0.6) is 0 Å². The smallest absolute Gasteiger partial charge is 0.381 e. The lowest BCUT2D eigenvalue weighted by atomic mass is 9.99. The maximum absolute atomic E-state index is 13.9. The van der Waals surface area contributed by atoms with Crippen molar-refractivity contribution in [1.29, 1.82) is 0 Å². The number of anilines is 1. The number of nitrogens with one attached hydrogen (secondary N) is 1. The second kappa shape index (κ2) is 8.20. The SMILES string of the molecule is CC1(C)ON=C(c2cc(C(F)(F)F)n(-c3ccc(NC(=O)c4c(F)cccc4Cl)cn3)n2)C1=O. The molecule has 0 saturated heterocycles. The molecule has 3 aromatic rings. The van der Waals surface area contributed by atoms with E-state index in [1.807, 2.05) is 0 Å². The average Bonchev–Trinajstić information content (AvgIpc) is 3.30. The van der Waals surface area contributed by atoms with Gasteiger partial charge in [-0.05, 0) is 44.2 Å². The molecule has 0 radical (unpaired) electrons. The number of halogens is 5. The van der Waals surface area contributed by atoms with E-state index in [2.05, 4.69) is 20.6 Å². The van der Waals surface area contributed by atoms with E-state index in [1.54, 1.807) is 0 Å². The third kappa shape index (κ3) is 4.23. The highest BCUT2D eigenvalue weighted by atomic mass is 35.5. The Bertz CT molecular complexity index is 1310. The quantitative estimate of drug-likeness (QED) is 0.540. The fraction of sp³-hybridized carbons (Fsp3) is 0.190. The monoisotopic (exact) mass is 495 g/mol. The molecular formula is C21H14ClF4N5O3. The Morgan fingerprint density at radius 2 is 1.94 bits per heavy atom. The van der Waals surface area contributed by atoms with Crippen LogP contribution < -0.4 is 5.32 Å². The van der Waals surface area contributed by atoms with Crippen LogP contribution in [0.4, 0.5) is 23.2 Å². The first-order valence-corrected chi connectivity index (χ1v) is 9.96. The number of carbonyl (C=O) groups is 2.